The molecule has 0 aliphatic heterocycles. The minimum Gasteiger partial charge on any atom is -0.294 e. The first-order valence-corrected chi connectivity index (χ1v) is 50.2. The van der Waals surface area contributed by atoms with Crippen molar-refractivity contribution < 1.29 is 0 Å². The van der Waals surface area contributed by atoms with E-state index in [0.29, 0.717) is 21.7 Å². The fraction of sp³-hybridized carbons (Fsp3) is 1.00. The van der Waals surface area contributed by atoms with Crippen molar-refractivity contribution >= 4 is 0 Å². The molecule has 0 amide bonds. The highest BCUT2D eigenvalue weighted by molar-refractivity contribution is 5.18. The number of fused-ring (bicyclic) bond motifs is 4. The van der Waals surface area contributed by atoms with Crippen molar-refractivity contribution in [3.63, 3.8) is 0 Å². The van der Waals surface area contributed by atoms with Crippen LogP contribution in [0.25, 0.3) is 0 Å². The van der Waals surface area contributed by atoms with Gasteiger partial charge in [-0.2, -0.15) is 0 Å². The lowest BCUT2D eigenvalue weighted by Gasteiger charge is -2.70. The van der Waals surface area contributed by atoms with E-state index in [4.69, 9.17) is 0 Å². The Labute approximate surface area is 662 Å². The Bertz CT molecular complexity index is 2460. The number of hydrogen-bond donors (Lipinski definition) is 0. The first kappa shape index (κ1) is 82.4. The van der Waals surface area contributed by atoms with Crippen LogP contribution in [0.15, 0.2) is 0 Å². The van der Waals surface area contributed by atoms with Crippen LogP contribution >= 0.6 is 0 Å². The lowest BCUT2D eigenvalue weighted by molar-refractivity contribution is -0.216. The minimum absolute atomic E-state index is 0.408. The second-order valence-electron chi connectivity index (χ2n) is 48.8. The minimum atomic E-state index is 0.408. The predicted molar refractivity (Wildman–Crippen MR) is 458 cm³/mol. The molecule has 0 spiro atoms. The molecule has 0 heterocycles. The molecule has 106 heavy (non-hydrogen) atoms. The molecule has 26 atom stereocenters. The van der Waals surface area contributed by atoms with E-state index in [1.165, 1.54) is 193 Å². The molecule has 0 saturated heterocycles. The molecule has 0 N–H and O–H groups in total. The third-order valence-electron chi connectivity index (χ3n) is 39.6. The van der Waals surface area contributed by atoms with Gasteiger partial charge in [0.15, 0.2) is 0 Å². The zero-order chi connectivity index (χ0) is 74.7. The molecule has 0 aromatic rings. The van der Waals surface area contributed by atoms with Gasteiger partial charge in [-0.3, -0.25) is 9.80 Å². The SMILES string of the molecule is CCCCCCCCC1CCC(N(C2CCC(C)CC2)C2CC(C3C4CCC(C(C)(C)C)CC4C(C)C4CCC(C(C)(C)C)CC43)C3CCC4C5C(CCC2C35)C(C2C3CCC(C(C)(C)C)CC3C(C)C3CCC(C(C)(C)C)CC32)CC4N(C2CCC(C)CC2)C2CCC(CCCCCCCC)CC2)CC1. The molecule has 0 bridgehead atoms. The Morgan fingerprint density at radius 2 is 0.481 bits per heavy atom. The Hall–Kier alpha value is -0.0800. The number of rotatable bonds is 22. The van der Waals surface area contributed by atoms with Crippen LogP contribution in [0.4, 0.5) is 0 Å². The standard InChI is InChI=1S/C104H184N2/c1-19-21-23-25-27-29-31-71-37-49-79(50-38-71)105(77-45-33-67(3)34-46-77)95-65-93(97-83-55-43-73(101(7,8)9)61-89(83)69(5)81-53-41-75(63-91(81)97)103(13,14)15)85-58-60-88-96(106(78-47-35-68(4)36-48-78)80-51-39-72(40-52-80)32-30-28-26-24-22-20-2)66-94(86-57-59-87(95)99(85)100(86)88)98-84-56-44-74(102(10,11)12)62-90(84)70(6)82-54-42-76(64-92(82)98)104(16,17)18/h67-100H,19-66H2,1-18H3. The lowest BCUT2D eigenvalue weighted by Crippen LogP contribution is -2.69. The van der Waals surface area contributed by atoms with Crippen molar-refractivity contribution in [2.45, 2.75) is 469 Å². The normalized spacial score (nSPS) is 46.8. The molecule has 26 unspecified atom stereocenters. The van der Waals surface area contributed by atoms with E-state index in [1.807, 2.05) is 0 Å². The van der Waals surface area contributed by atoms with Gasteiger partial charge in [0.25, 0.3) is 0 Å². The summed E-state index contributed by atoms with van der Waals surface area (Å²) >= 11 is 0. The Morgan fingerprint density at radius 1 is 0.226 bits per heavy atom. The molecule has 2 heteroatoms. The molecule has 14 aliphatic carbocycles. The van der Waals surface area contributed by atoms with E-state index in [-0.39, 0.29) is 0 Å². The summed E-state index contributed by atoms with van der Waals surface area (Å²) in [5.41, 5.74) is 1.66. The molecule has 0 radical (unpaired) electrons. The quantitative estimate of drug-likeness (QED) is 0.0997. The predicted octanol–water partition coefficient (Wildman–Crippen LogP) is 30.3. The van der Waals surface area contributed by atoms with E-state index in [0.717, 1.165) is 202 Å². The van der Waals surface area contributed by atoms with Crippen molar-refractivity contribution in [1.82, 2.24) is 9.80 Å². The smallest absolute Gasteiger partial charge is 0.0135 e. The topological polar surface area (TPSA) is 6.48 Å². The van der Waals surface area contributed by atoms with E-state index in [1.54, 1.807) is 116 Å². The fourth-order valence-corrected chi connectivity index (χ4v) is 33.6. The average Bonchev–Trinajstić information content (AvgIpc) is 0.693. The zero-order valence-corrected chi connectivity index (χ0v) is 74.5. The first-order valence-electron chi connectivity index (χ1n) is 50.2. The van der Waals surface area contributed by atoms with E-state index in [2.05, 4.69) is 134 Å². The van der Waals surface area contributed by atoms with Crippen molar-refractivity contribution in [1.29, 1.82) is 0 Å². The molecule has 14 rings (SSSR count). The molecule has 2 nitrogen and oxygen atoms in total. The number of hydrogen-bond acceptors (Lipinski definition) is 2. The van der Waals surface area contributed by atoms with Gasteiger partial charge in [0.1, 0.15) is 0 Å². The summed E-state index contributed by atoms with van der Waals surface area (Å²) in [5, 5.41) is 0. The summed E-state index contributed by atoms with van der Waals surface area (Å²) in [6, 6.07) is 4.99. The molecule has 14 saturated carbocycles. The Kier molecular flexibility index (Phi) is 27.2. The number of unbranched alkanes of at least 4 members (excludes halogenated alkanes) is 10. The molecular weight excluding hydrogens is 1280 g/mol. The van der Waals surface area contributed by atoms with Crippen molar-refractivity contribution in [2.24, 2.45) is 187 Å². The molecule has 0 aromatic heterocycles. The second kappa shape index (κ2) is 35.0. The Morgan fingerprint density at radius 3 is 0.802 bits per heavy atom. The lowest BCUT2D eigenvalue weighted by atomic mass is 9.37. The third-order valence-corrected chi connectivity index (χ3v) is 39.6. The van der Waals surface area contributed by atoms with Crippen LogP contribution in [0.2, 0.25) is 0 Å². The summed E-state index contributed by atoms with van der Waals surface area (Å²) in [6.45, 7) is 48.4. The van der Waals surface area contributed by atoms with Crippen molar-refractivity contribution in [3.8, 4) is 0 Å². The largest absolute Gasteiger partial charge is 0.294 e. The third kappa shape index (κ3) is 17.6. The Balaban J connectivity index is 0.912. The van der Waals surface area contributed by atoms with Gasteiger partial charge < -0.3 is 0 Å². The molecule has 0 aromatic carbocycles. The van der Waals surface area contributed by atoms with Crippen LogP contribution in [0.5, 0.6) is 0 Å². The highest BCUT2D eigenvalue weighted by Crippen LogP contribution is 2.73. The second-order valence-corrected chi connectivity index (χ2v) is 48.8. The summed E-state index contributed by atoms with van der Waals surface area (Å²) < 4.78 is 0. The van der Waals surface area contributed by atoms with Gasteiger partial charge in [-0.15, -0.1) is 0 Å². The molecule has 610 valence electrons. The molecule has 14 fully saturated rings. The van der Waals surface area contributed by atoms with Gasteiger partial charge in [0, 0.05) is 36.3 Å². The van der Waals surface area contributed by atoms with Crippen LogP contribution in [-0.2, 0) is 0 Å². The molecular formula is C104H184N2. The van der Waals surface area contributed by atoms with Crippen molar-refractivity contribution in [3.05, 3.63) is 0 Å². The number of nitrogens with zero attached hydrogens (tertiary/aromatic N) is 2. The highest BCUT2D eigenvalue weighted by Gasteiger charge is 2.68. The summed E-state index contributed by atoms with van der Waals surface area (Å²) in [5.74, 6) is 26.4. The van der Waals surface area contributed by atoms with Gasteiger partial charge in [0.2, 0.25) is 0 Å². The van der Waals surface area contributed by atoms with E-state index < -0.39 is 0 Å². The van der Waals surface area contributed by atoms with Crippen LogP contribution < -0.4 is 0 Å². The van der Waals surface area contributed by atoms with Gasteiger partial charge in [-0.05, 0) is 406 Å². The van der Waals surface area contributed by atoms with Crippen LogP contribution in [-0.4, -0.2) is 46.1 Å². The fourth-order valence-electron chi connectivity index (χ4n) is 33.6. The highest BCUT2D eigenvalue weighted by atomic mass is 15.2. The van der Waals surface area contributed by atoms with Crippen LogP contribution in [0, 0.1) is 187 Å². The van der Waals surface area contributed by atoms with Crippen LogP contribution in [0.3, 0.4) is 0 Å². The summed E-state index contributed by atoms with van der Waals surface area (Å²) in [6.07, 6.45) is 73.5. The monoisotopic (exact) mass is 1460 g/mol. The maximum Gasteiger partial charge on any atom is 0.0135 e. The summed E-state index contributed by atoms with van der Waals surface area (Å²) in [7, 11) is 0. The molecule has 14 aliphatic rings. The van der Waals surface area contributed by atoms with Gasteiger partial charge in [-0.25, -0.2) is 0 Å². The first-order chi connectivity index (χ1) is 50.7. The van der Waals surface area contributed by atoms with E-state index in [9.17, 15) is 0 Å². The van der Waals surface area contributed by atoms with Crippen LogP contribution in [0.1, 0.15) is 433 Å². The van der Waals surface area contributed by atoms with Gasteiger partial charge in [0.05, 0.1) is 0 Å². The zero-order valence-electron chi connectivity index (χ0n) is 74.5. The average molecular weight is 1460 g/mol. The van der Waals surface area contributed by atoms with Gasteiger partial charge >= 0.3 is 0 Å². The maximum absolute atomic E-state index is 3.72. The maximum atomic E-state index is 3.72. The van der Waals surface area contributed by atoms with Crippen molar-refractivity contribution in [2.75, 3.05) is 0 Å². The summed E-state index contributed by atoms with van der Waals surface area (Å²) in [4.78, 5) is 7.44. The van der Waals surface area contributed by atoms with E-state index >= 15 is 0 Å². The van der Waals surface area contributed by atoms with Gasteiger partial charge in [-0.1, -0.05) is 215 Å².